The van der Waals surface area contributed by atoms with Crippen LogP contribution in [-0.2, 0) is 17.6 Å². The van der Waals surface area contributed by atoms with Gasteiger partial charge in [-0.25, -0.2) is 4.98 Å². The lowest BCUT2D eigenvalue weighted by atomic mass is 9.97. The number of rotatable bonds is 5. The highest BCUT2D eigenvalue weighted by atomic mass is 32.2. The van der Waals surface area contributed by atoms with Gasteiger partial charge in [0.05, 0.1) is 22.9 Å². The van der Waals surface area contributed by atoms with E-state index in [2.05, 4.69) is 11.4 Å². The van der Waals surface area contributed by atoms with Crippen LogP contribution in [0.25, 0.3) is 15.9 Å². The number of nitriles is 1. The number of para-hydroxylation sites is 1. The number of hydrogen-bond acceptors (Lipinski definition) is 6. The number of thioether (sulfide) groups is 1. The van der Waals surface area contributed by atoms with E-state index in [1.54, 1.807) is 15.9 Å². The van der Waals surface area contributed by atoms with Crippen molar-refractivity contribution in [2.75, 3.05) is 5.75 Å². The lowest BCUT2D eigenvalue weighted by Gasteiger charge is -2.22. The number of fused-ring (bicyclic) bond motifs is 3. The van der Waals surface area contributed by atoms with Gasteiger partial charge in [-0.1, -0.05) is 30.0 Å². The summed E-state index contributed by atoms with van der Waals surface area (Å²) in [5.74, 6) is -0.0853. The molecular formula is C25H26N4O2S2. The normalized spacial score (nSPS) is 17.0. The molecule has 2 aliphatic rings. The first-order chi connectivity index (χ1) is 16.0. The number of aromatic nitrogens is 2. The van der Waals surface area contributed by atoms with Gasteiger partial charge >= 0.3 is 0 Å². The summed E-state index contributed by atoms with van der Waals surface area (Å²) in [4.78, 5) is 33.5. The van der Waals surface area contributed by atoms with Gasteiger partial charge in [0.2, 0.25) is 5.91 Å². The molecule has 1 amide bonds. The Morgan fingerprint density at radius 1 is 1.24 bits per heavy atom. The second-order valence-electron chi connectivity index (χ2n) is 8.95. The highest BCUT2D eigenvalue weighted by Gasteiger charge is 2.35. The maximum atomic E-state index is 13.8. The molecule has 0 unspecified atom stereocenters. The molecule has 0 aliphatic heterocycles. The Kier molecular flexibility index (Phi) is 6.02. The quantitative estimate of drug-likeness (QED) is 0.425. The summed E-state index contributed by atoms with van der Waals surface area (Å²) in [5, 5.41) is 13.8. The number of nitrogens with one attached hydrogen (secondary N) is 1. The van der Waals surface area contributed by atoms with Gasteiger partial charge < -0.3 is 5.32 Å². The summed E-state index contributed by atoms with van der Waals surface area (Å²) in [6, 6.07) is 10.1. The maximum Gasteiger partial charge on any atom is 0.267 e. The fourth-order valence-corrected chi connectivity index (χ4v) is 7.09. The monoisotopic (exact) mass is 478 g/mol. The summed E-state index contributed by atoms with van der Waals surface area (Å²) in [5.41, 5.74) is 2.12. The molecule has 2 heterocycles. The van der Waals surface area contributed by atoms with E-state index in [9.17, 15) is 14.9 Å². The van der Waals surface area contributed by atoms with E-state index in [0.717, 1.165) is 65.6 Å². The smallest absolute Gasteiger partial charge is 0.267 e. The molecule has 33 heavy (non-hydrogen) atoms. The molecule has 0 spiro atoms. The van der Waals surface area contributed by atoms with Crippen LogP contribution in [0, 0.1) is 18.3 Å². The standard InChI is InChI=1S/C25H26N4O2S2/c1-16-8-2-4-10-18(16)29-23(31)21-17-9-3-5-11-19(17)33-22(21)27-24(29)32-14-20(30)28-25(15-26)12-6-7-13-25/h2,4,8,10H,3,5-7,9,11-14H2,1H3,(H,28,30). The zero-order chi connectivity index (χ0) is 23.0. The molecule has 5 rings (SSSR count). The highest BCUT2D eigenvalue weighted by molar-refractivity contribution is 7.99. The van der Waals surface area contributed by atoms with Gasteiger partial charge in [-0.3, -0.25) is 14.2 Å². The van der Waals surface area contributed by atoms with Crippen LogP contribution in [0.1, 0.15) is 54.5 Å². The Bertz CT molecular complexity index is 1330. The van der Waals surface area contributed by atoms with Crippen molar-refractivity contribution in [2.45, 2.75) is 69.0 Å². The van der Waals surface area contributed by atoms with Crippen molar-refractivity contribution in [1.82, 2.24) is 14.9 Å². The fourth-order valence-electron chi connectivity index (χ4n) is 4.99. The molecule has 1 saturated carbocycles. The number of carbonyl (C=O) groups is 1. The molecular weight excluding hydrogens is 452 g/mol. The van der Waals surface area contributed by atoms with Crippen molar-refractivity contribution in [3.05, 3.63) is 50.6 Å². The van der Waals surface area contributed by atoms with E-state index in [0.29, 0.717) is 18.0 Å². The van der Waals surface area contributed by atoms with E-state index in [-0.39, 0.29) is 17.2 Å². The fraction of sp³-hybridized carbons (Fsp3) is 0.440. The van der Waals surface area contributed by atoms with Crippen LogP contribution < -0.4 is 10.9 Å². The Balaban J connectivity index is 1.54. The minimum atomic E-state index is -0.752. The minimum absolute atomic E-state index is 0.0547. The molecule has 1 fully saturated rings. The van der Waals surface area contributed by atoms with E-state index < -0.39 is 5.54 Å². The van der Waals surface area contributed by atoms with Gasteiger partial charge in [-0.2, -0.15) is 5.26 Å². The molecule has 0 saturated heterocycles. The Hall–Kier alpha value is -2.63. The second kappa shape index (κ2) is 8.96. The number of aryl methyl sites for hydroxylation is 3. The number of nitrogens with zero attached hydrogens (tertiary/aromatic N) is 3. The van der Waals surface area contributed by atoms with E-state index in [1.165, 1.54) is 16.6 Å². The molecule has 2 aromatic heterocycles. The summed E-state index contributed by atoms with van der Waals surface area (Å²) in [6.45, 7) is 1.98. The van der Waals surface area contributed by atoms with Crippen LogP contribution in [0.15, 0.2) is 34.2 Å². The molecule has 1 aromatic carbocycles. The first-order valence-corrected chi connectivity index (χ1v) is 13.3. The topological polar surface area (TPSA) is 87.8 Å². The van der Waals surface area contributed by atoms with Crippen LogP contribution in [0.4, 0.5) is 0 Å². The minimum Gasteiger partial charge on any atom is -0.337 e. The van der Waals surface area contributed by atoms with E-state index in [4.69, 9.17) is 4.98 Å². The molecule has 2 aliphatic carbocycles. The van der Waals surface area contributed by atoms with Crippen LogP contribution in [0.5, 0.6) is 0 Å². The first kappa shape index (κ1) is 22.2. The molecule has 3 aromatic rings. The van der Waals surface area contributed by atoms with Gasteiger partial charge in [-0.15, -0.1) is 11.3 Å². The van der Waals surface area contributed by atoms with Crippen molar-refractivity contribution in [3.63, 3.8) is 0 Å². The average Bonchev–Trinajstić information content (AvgIpc) is 3.43. The van der Waals surface area contributed by atoms with Crippen molar-refractivity contribution in [3.8, 4) is 11.8 Å². The van der Waals surface area contributed by atoms with Crippen molar-refractivity contribution in [2.24, 2.45) is 0 Å². The van der Waals surface area contributed by atoms with Crippen molar-refractivity contribution < 1.29 is 4.79 Å². The molecule has 0 radical (unpaired) electrons. The number of benzene rings is 1. The number of thiophene rings is 1. The third-order valence-corrected chi connectivity index (χ3v) is 8.82. The van der Waals surface area contributed by atoms with Crippen molar-refractivity contribution in [1.29, 1.82) is 5.26 Å². The lowest BCUT2D eigenvalue weighted by molar-refractivity contribution is -0.119. The lowest BCUT2D eigenvalue weighted by Crippen LogP contribution is -2.45. The molecule has 8 heteroatoms. The van der Waals surface area contributed by atoms with E-state index in [1.807, 2.05) is 31.2 Å². The maximum absolute atomic E-state index is 13.8. The molecule has 170 valence electrons. The number of carbonyl (C=O) groups excluding carboxylic acids is 1. The van der Waals surface area contributed by atoms with Gasteiger partial charge in [0, 0.05) is 4.88 Å². The average molecular weight is 479 g/mol. The SMILES string of the molecule is Cc1ccccc1-n1c(SCC(=O)NC2(C#N)CCCC2)nc2sc3c(c2c1=O)CCCC3. The third-order valence-electron chi connectivity index (χ3n) is 6.70. The number of amides is 1. The van der Waals surface area contributed by atoms with Gasteiger partial charge in [-0.05, 0) is 75.5 Å². The Morgan fingerprint density at radius 2 is 2.00 bits per heavy atom. The summed E-state index contributed by atoms with van der Waals surface area (Å²) >= 11 is 2.88. The third kappa shape index (κ3) is 4.09. The molecule has 6 nitrogen and oxygen atoms in total. The molecule has 0 atom stereocenters. The predicted octanol–water partition coefficient (Wildman–Crippen LogP) is 4.68. The highest BCUT2D eigenvalue weighted by Crippen LogP contribution is 2.35. The molecule has 0 bridgehead atoms. The van der Waals surface area contributed by atoms with Crippen LogP contribution in [0.2, 0.25) is 0 Å². The van der Waals surface area contributed by atoms with Crippen LogP contribution in [-0.4, -0.2) is 26.8 Å². The molecule has 1 N–H and O–H groups in total. The van der Waals surface area contributed by atoms with Crippen molar-refractivity contribution >= 4 is 39.2 Å². The Morgan fingerprint density at radius 3 is 2.76 bits per heavy atom. The van der Waals surface area contributed by atoms with Gasteiger partial charge in [0.15, 0.2) is 5.16 Å². The number of hydrogen-bond donors (Lipinski definition) is 1. The predicted molar refractivity (Wildman–Crippen MR) is 132 cm³/mol. The zero-order valence-corrected chi connectivity index (χ0v) is 20.3. The van der Waals surface area contributed by atoms with Crippen LogP contribution >= 0.6 is 23.1 Å². The largest absolute Gasteiger partial charge is 0.337 e. The zero-order valence-electron chi connectivity index (χ0n) is 18.6. The van der Waals surface area contributed by atoms with E-state index >= 15 is 0 Å². The summed E-state index contributed by atoms with van der Waals surface area (Å²) in [7, 11) is 0. The first-order valence-electron chi connectivity index (χ1n) is 11.5. The van der Waals surface area contributed by atoms with Gasteiger partial charge in [0.25, 0.3) is 5.56 Å². The second-order valence-corrected chi connectivity index (χ2v) is 11.0. The Labute approximate surface area is 201 Å². The van der Waals surface area contributed by atoms with Crippen LogP contribution in [0.3, 0.4) is 0 Å². The van der Waals surface area contributed by atoms with Gasteiger partial charge in [0.1, 0.15) is 10.4 Å². The summed E-state index contributed by atoms with van der Waals surface area (Å²) in [6.07, 6.45) is 7.46. The summed E-state index contributed by atoms with van der Waals surface area (Å²) < 4.78 is 1.67.